The molecule has 0 saturated carbocycles. The van der Waals surface area contributed by atoms with Crippen LogP contribution in [0.4, 0.5) is 0 Å². The van der Waals surface area contributed by atoms with Crippen LogP contribution in [0.2, 0.25) is 0 Å². The first-order valence-corrected chi connectivity index (χ1v) is 5.81. The summed E-state index contributed by atoms with van der Waals surface area (Å²) in [5.74, 6) is 0.822. The van der Waals surface area contributed by atoms with E-state index in [0.717, 1.165) is 24.5 Å². The van der Waals surface area contributed by atoms with E-state index in [2.05, 4.69) is 42.1 Å². The van der Waals surface area contributed by atoms with E-state index in [9.17, 15) is 0 Å². The second-order valence-electron chi connectivity index (χ2n) is 4.20. The number of aryl methyl sites for hydroxylation is 1. The minimum atomic E-state index is 0.201. The van der Waals surface area contributed by atoms with Crippen molar-refractivity contribution in [3.63, 3.8) is 0 Å². The number of nitrogens with zero attached hydrogens (tertiary/aromatic N) is 2. The van der Waals surface area contributed by atoms with Gasteiger partial charge in [0.15, 0.2) is 0 Å². The topological polar surface area (TPSA) is 37.8 Å². The van der Waals surface area contributed by atoms with Crippen molar-refractivity contribution in [2.75, 3.05) is 6.54 Å². The molecular weight excluding hydrogens is 198 g/mol. The van der Waals surface area contributed by atoms with E-state index < -0.39 is 0 Å². The molecule has 1 aromatic rings. The molecule has 0 radical (unpaired) electrons. The molecule has 0 fully saturated rings. The van der Waals surface area contributed by atoms with Gasteiger partial charge >= 0.3 is 0 Å². The molecule has 0 aliphatic carbocycles. The Kier molecular flexibility index (Phi) is 5.12. The van der Waals surface area contributed by atoms with Gasteiger partial charge in [0.25, 0.3) is 0 Å². The van der Waals surface area contributed by atoms with Crippen molar-refractivity contribution in [1.82, 2.24) is 15.3 Å². The molecule has 0 spiro atoms. The molecule has 1 atom stereocenters. The van der Waals surface area contributed by atoms with Gasteiger partial charge in [-0.25, -0.2) is 9.97 Å². The van der Waals surface area contributed by atoms with Gasteiger partial charge in [0.2, 0.25) is 0 Å². The molecule has 1 aromatic heterocycles. The zero-order chi connectivity index (χ0) is 12.0. The normalized spacial score (nSPS) is 12.2. The predicted octanol–water partition coefficient (Wildman–Crippen LogP) is 2.79. The third kappa shape index (κ3) is 4.11. The summed E-state index contributed by atoms with van der Waals surface area (Å²) in [5.41, 5.74) is 2.34. The Bertz CT molecular complexity index is 354. The maximum Gasteiger partial charge on any atom is 0.125 e. The van der Waals surface area contributed by atoms with E-state index >= 15 is 0 Å². The fourth-order valence-electron chi connectivity index (χ4n) is 1.53. The van der Waals surface area contributed by atoms with E-state index in [4.69, 9.17) is 0 Å². The minimum Gasteiger partial charge on any atom is -0.305 e. The van der Waals surface area contributed by atoms with E-state index in [1.165, 1.54) is 5.57 Å². The van der Waals surface area contributed by atoms with Gasteiger partial charge in [0.05, 0.1) is 11.7 Å². The molecular formula is C13H21N3. The number of allylic oxidation sites excluding steroid dienone is 1. The standard InChI is InChI=1S/C13H21N3/c1-5-7-15-13(9-10(2)3)12-6-8-14-11(4)16-12/h6,8-9,13,15H,5,7H2,1-4H3. The molecule has 0 amide bonds. The summed E-state index contributed by atoms with van der Waals surface area (Å²) < 4.78 is 0. The van der Waals surface area contributed by atoms with Crippen molar-refractivity contribution in [1.29, 1.82) is 0 Å². The Morgan fingerprint density at radius 2 is 2.25 bits per heavy atom. The van der Waals surface area contributed by atoms with Crippen molar-refractivity contribution in [3.05, 3.63) is 35.4 Å². The van der Waals surface area contributed by atoms with Crippen LogP contribution in [0.5, 0.6) is 0 Å². The largest absolute Gasteiger partial charge is 0.305 e. The number of aromatic nitrogens is 2. The molecule has 1 N–H and O–H groups in total. The summed E-state index contributed by atoms with van der Waals surface area (Å²) in [7, 11) is 0. The number of nitrogens with one attached hydrogen (secondary N) is 1. The molecule has 3 nitrogen and oxygen atoms in total. The maximum atomic E-state index is 4.46. The molecule has 3 heteroatoms. The maximum absolute atomic E-state index is 4.46. The molecule has 0 aliphatic rings. The van der Waals surface area contributed by atoms with Crippen LogP contribution in [0, 0.1) is 6.92 Å². The highest BCUT2D eigenvalue weighted by atomic mass is 15.0. The van der Waals surface area contributed by atoms with E-state index in [-0.39, 0.29) is 6.04 Å². The second-order valence-corrected chi connectivity index (χ2v) is 4.20. The summed E-state index contributed by atoms with van der Waals surface area (Å²) in [5, 5.41) is 3.48. The smallest absolute Gasteiger partial charge is 0.125 e. The lowest BCUT2D eigenvalue weighted by Gasteiger charge is -2.15. The van der Waals surface area contributed by atoms with Crippen LogP contribution in [0.15, 0.2) is 23.9 Å². The first-order valence-electron chi connectivity index (χ1n) is 5.81. The zero-order valence-corrected chi connectivity index (χ0v) is 10.6. The van der Waals surface area contributed by atoms with Crippen LogP contribution in [0.3, 0.4) is 0 Å². The molecule has 0 bridgehead atoms. The van der Waals surface area contributed by atoms with Gasteiger partial charge in [-0.1, -0.05) is 18.6 Å². The van der Waals surface area contributed by atoms with Gasteiger partial charge in [-0.2, -0.15) is 0 Å². The fraction of sp³-hybridized carbons (Fsp3) is 0.538. The Morgan fingerprint density at radius 1 is 1.50 bits per heavy atom. The first-order chi connectivity index (χ1) is 7.63. The van der Waals surface area contributed by atoms with E-state index in [0.29, 0.717) is 0 Å². The van der Waals surface area contributed by atoms with Crippen LogP contribution in [0.1, 0.15) is 44.8 Å². The lowest BCUT2D eigenvalue weighted by Crippen LogP contribution is -2.22. The summed E-state index contributed by atoms with van der Waals surface area (Å²) in [6, 6.07) is 2.17. The summed E-state index contributed by atoms with van der Waals surface area (Å²) in [4.78, 5) is 8.58. The van der Waals surface area contributed by atoms with Gasteiger partial charge < -0.3 is 5.32 Å². The lowest BCUT2D eigenvalue weighted by molar-refractivity contribution is 0.595. The molecule has 1 unspecified atom stereocenters. The molecule has 16 heavy (non-hydrogen) atoms. The lowest BCUT2D eigenvalue weighted by atomic mass is 10.1. The average molecular weight is 219 g/mol. The molecule has 1 heterocycles. The highest BCUT2D eigenvalue weighted by Crippen LogP contribution is 2.13. The fourth-order valence-corrected chi connectivity index (χ4v) is 1.53. The van der Waals surface area contributed by atoms with Crippen LogP contribution < -0.4 is 5.32 Å². The second kappa shape index (κ2) is 6.38. The van der Waals surface area contributed by atoms with Crippen molar-refractivity contribution >= 4 is 0 Å². The highest BCUT2D eigenvalue weighted by Gasteiger charge is 2.08. The number of hydrogen-bond acceptors (Lipinski definition) is 3. The van der Waals surface area contributed by atoms with E-state index in [1.807, 2.05) is 19.2 Å². The Hall–Kier alpha value is -1.22. The third-order valence-corrected chi connectivity index (χ3v) is 2.23. The van der Waals surface area contributed by atoms with Crippen molar-refractivity contribution in [2.45, 2.75) is 40.2 Å². The first kappa shape index (κ1) is 12.8. The highest BCUT2D eigenvalue weighted by molar-refractivity contribution is 5.16. The monoisotopic (exact) mass is 219 g/mol. The third-order valence-electron chi connectivity index (χ3n) is 2.23. The van der Waals surface area contributed by atoms with Crippen LogP contribution in [-0.2, 0) is 0 Å². The van der Waals surface area contributed by atoms with Gasteiger partial charge in [-0.3, -0.25) is 0 Å². The van der Waals surface area contributed by atoms with Gasteiger partial charge in [-0.15, -0.1) is 0 Å². The Morgan fingerprint density at radius 3 is 2.81 bits per heavy atom. The predicted molar refractivity (Wildman–Crippen MR) is 67.2 cm³/mol. The molecule has 88 valence electrons. The zero-order valence-electron chi connectivity index (χ0n) is 10.6. The Balaban J connectivity index is 2.87. The van der Waals surface area contributed by atoms with Gasteiger partial charge in [0.1, 0.15) is 5.82 Å². The summed E-state index contributed by atoms with van der Waals surface area (Å²) in [6.45, 7) is 9.29. The molecule has 1 rings (SSSR count). The summed E-state index contributed by atoms with van der Waals surface area (Å²) in [6.07, 6.45) is 5.14. The molecule has 0 aromatic carbocycles. The van der Waals surface area contributed by atoms with Gasteiger partial charge in [0, 0.05) is 6.20 Å². The van der Waals surface area contributed by atoms with Crippen LogP contribution >= 0.6 is 0 Å². The Labute approximate surface area is 98.0 Å². The van der Waals surface area contributed by atoms with E-state index in [1.54, 1.807) is 0 Å². The van der Waals surface area contributed by atoms with Crippen LogP contribution in [-0.4, -0.2) is 16.5 Å². The minimum absolute atomic E-state index is 0.201. The number of rotatable bonds is 5. The molecule has 0 saturated heterocycles. The quantitative estimate of drug-likeness (QED) is 0.774. The number of hydrogen-bond donors (Lipinski definition) is 1. The average Bonchev–Trinajstić information content (AvgIpc) is 2.23. The van der Waals surface area contributed by atoms with Gasteiger partial charge in [-0.05, 0) is 39.8 Å². The van der Waals surface area contributed by atoms with Crippen LogP contribution in [0.25, 0.3) is 0 Å². The van der Waals surface area contributed by atoms with Crippen molar-refractivity contribution in [2.24, 2.45) is 0 Å². The molecule has 0 aliphatic heterocycles. The van der Waals surface area contributed by atoms with Crippen molar-refractivity contribution < 1.29 is 0 Å². The van der Waals surface area contributed by atoms with Crippen molar-refractivity contribution in [3.8, 4) is 0 Å². The SMILES string of the molecule is CCCNC(C=C(C)C)c1ccnc(C)n1. The summed E-state index contributed by atoms with van der Waals surface area (Å²) >= 11 is 0.